The fraction of sp³-hybridized carbons (Fsp3) is 0.182. The van der Waals surface area contributed by atoms with Crippen LogP contribution in [-0.4, -0.2) is 15.9 Å². The number of nitro groups is 1. The number of rotatable bonds is 3. The van der Waals surface area contributed by atoms with Crippen LogP contribution in [0.15, 0.2) is 29.3 Å². The van der Waals surface area contributed by atoms with Crippen molar-refractivity contribution in [1.82, 2.24) is 3.96 Å². The lowest BCUT2D eigenvalue weighted by Gasteiger charge is -2.04. The largest absolute Gasteiger partial charge is 0.347 e. The smallest absolute Gasteiger partial charge is 0.339 e. The lowest BCUT2D eigenvalue weighted by Crippen LogP contribution is -2.14. The third-order valence-corrected chi connectivity index (χ3v) is 3.72. The van der Waals surface area contributed by atoms with Gasteiger partial charge in [-0.2, -0.15) is 0 Å². The van der Waals surface area contributed by atoms with Crippen LogP contribution in [0.1, 0.15) is 0 Å². The number of hydrogen-bond acceptors (Lipinski definition) is 5. The molecule has 0 fully saturated rings. The molecular weight excluding hydrogens is 288 g/mol. The van der Waals surface area contributed by atoms with Crippen LogP contribution in [0.2, 0.25) is 5.02 Å². The van der Waals surface area contributed by atoms with Crippen LogP contribution in [0.25, 0.3) is 0 Å². The van der Waals surface area contributed by atoms with Gasteiger partial charge in [0.2, 0.25) is 5.49 Å². The lowest BCUT2D eigenvalue weighted by molar-refractivity contribution is -0.385. The Morgan fingerprint density at radius 1 is 1.47 bits per heavy atom. The molecule has 0 spiro atoms. The van der Waals surface area contributed by atoms with E-state index in [4.69, 9.17) is 11.6 Å². The van der Waals surface area contributed by atoms with E-state index in [0.29, 0.717) is 21.2 Å². The SMILES string of the molecule is CN=c1c([N+](=O)[O-])c(Nc2ccccc2Cl)sn1C. The second kappa shape index (κ2) is 5.41. The summed E-state index contributed by atoms with van der Waals surface area (Å²) in [6, 6.07) is 7.07. The Labute approximate surface area is 118 Å². The summed E-state index contributed by atoms with van der Waals surface area (Å²) in [7, 11) is 3.24. The van der Waals surface area contributed by atoms with Crippen molar-refractivity contribution in [3.8, 4) is 0 Å². The van der Waals surface area contributed by atoms with E-state index in [0.717, 1.165) is 0 Å². The molecule has 1 N–H and O–H groups in total. The number of anilines is 2. The number of hydrogen-bond donors (Lipinski definition) is 1. The Balaban J connectivity index is 2.53. The van der Waals surface area contributed by atoms with Gasteiger partial charge in [0.05, 0.1) is 15.6 Å². The first-order valence-corrected chi connectivity index (χ1v) is 6.48. The molecule has 0 saturated carbocycles. The average Bonchev–Trinajstić information content (AvgIpc) is 2.68. The van der Waals surface area contributed by atoms with E-state index in [-0.39, 0.29) is 5.69 Å². The molecule has 0 aliphatic heterocycles. The first-order chi connectivity index (χ1) is 9.04. The standard InChI is InChI=1S/C11H11ClN4O2S/c1-13-10-9(16(17)18)11(19-15(10)2)14-8-6-4-3-5-7(8)12/h3-6,14H,1-2H3. The maximum Gasteiger partial charge on any atom is 0.347 e. The number of benzene rings is 1. The van der Waals surface area contributed by atoms with Crippen molar-refractivity contribution in [2.24, 2.45) is 12.0 Å². The van der Waals surface area contributed by atoms with E-state index in [9.17, 15) is 10.1 Å². The second-order valence-electron chi connectivity index (χ2n) is 3.68. The predicted octanol–water partition coefficient (Wildman–Crippen LogP) is 2.92. The van der Waals surface area contributed by atoms with Crippen LogP contribution < -0.4 is 10.8 Å². The number of nitrogens with one attached hydrogen (secondary N) is 1. The van der Waals surface area contributed by atoms with Crippen LogP contribution >= 0.6 is 23.1 Å². The van der Waals surface area contributed by atoms with E-state index in [1.165, 1.54) is 18.6 Å². The number of aryl methyl sites for hydroxylation is 1. The highest BCUT2D eigenvalue weighted by Gasteiger charge is 2.23. The fourth-order valence-corrected chi connectivity index (χ4v) is 2.77. The zero-order valence-electron chi connectivity index (χ0n) is 10.3. The number of aromatic nitrogens is 1. The fourth-order valence-electron chi connectivity index (χ4n) is 1.65. The van der Waals surface area contributed by atoms with Crippen molar-refractivity contribution < 1.29 is 4.92 Å². The highest BCUT2D eigenvalue weighted by atomic mass is 35.5. The van der Waals surface area contributed by atoms with E-state index < -0.39 is 4.92 Å². The summed E-state index contributed by atoms with van der Waals surface area (Å²) in [5, 5.41) is 15.0. The van der Waals surface area contributed by atoms with Gasteiger partial charge in [0, 0.05) is 14.1 Å². The maximum atomic E-state index is 11.2. The van der Waals surface area contributed by atoms with E-state index in [1.54, 1.807) is 35.3 Å². The molecule has 0 atom stereocenters. The maximum absolute atomic E-state index is 11.2. The molecule has 0 aliphatic carbocycles. The highest BCUT2D eigenvalue weighted by molar-refractivity contribution is 7.11. The van der Waals surface area contributed by atoms with Crippen molar-refractivity contribution in [3.05, 3.63) is 44.9 Å². The van der Waals surface area contributed by atoms with Crippen molar-refractivity contribution >= 4 is 39.5 Å². The van der Waals surface area contributed by atoms with Crippen LogP contribution in [-0.2, 0) is 7.05 Å². The first kappa shape index (κ1) is 13.6. The van der Waals surface area contributed by atoms with Crippen LogP contribution in [0.3, 0.4) is 0 Å². The van der Waals surface area contributed by atoms with Crippen molar-refractivity contribution in [2.45, 2.75) is 0 Å². The van der Waals surface area contributed by atoms with Gasteiger partial charge < -0.3 is 5.32 Å². The van der Waals surface area contributed by atoms with E-state index in [2.05, 4.69) is 10.3 Å². The molecule has 1 aromatic carbocycles. The molecule has 2 aromatic rings. The van der Waals surface area contributed by atoms with Gasteiger partial charge in [-0.25, -0.2) is 0 Å². The van der Waals surface area contributed by atoms with Crippen LogP contribution in [0, 0.1) is 10.1 Å². The number of halogens is 1. The van der Waals surface area contributed by atoms with E-state index >= 15 is 0 Å². The van der Waals surface area contributed by atoms with Gasteiger partial charge in [-0.3, -0.25) is 19.1 Å². The molecule has 0 unspecified atom stereocenters. The summed E-state index contributed by atoms with van der Waals surface area (Å²) in [6.45, 7) is 0. The Hall–Kier alpha value is -1.86. The Kier molecular flexibility index (Phi) is 3.87. The zero-order chi connectivity index (χ0) is 14.0. The molecule has 0 radical (unpaired) electrons. The summed E-state index contributed by atoms with van der Waals surface area (Å²) < 4.78 is 1.64. The quantitative estimate of drug-likeness (QED) is 0.699. The molecule has 6 nitrogen and oxygen atoms in total. The van der Waals surface area contributed by atoms with Gasteiger partial charge in [0.15, 0.2) is 5.00 Å². The van der Waals surface area contributed by atoms with Crippen LogP contribution in [0.4, 0.5) is 16.4 Å². The van der Waals surface area contributed by atoms with Crippen molar-refractivity contribution in [1.29, 1.82) is 0 Å². The molecule has 0 aliphatic rings. The normalized spacial score (nSPS) is 11.6. The van der Waals surface area contributed by atoms with Gasteiger partial charge in [-0.15, -0.1) is 0 Å². The molecule has 1 heterocycles. The average molecular weight is 299 g/mol. The number of para-hydroxylation sites is 1. The molecule has 2 rings (SSSR count). The topological polar surface area (TPSA) is 72.5 Å². The van der Waals surface area contributed by atoms with Gasteiger partial charge >= 0.3 is 5.69 Å². The first-order valence-electron chi connectivity index (χ1n) is 5.33. The summed E-state index contributed by atoms with van der Waals surface area (Å²) in [5.41, 5.74) is 0.899. The monoisotopic (exact) mass is 298 g/mol. The highest BCUT2D eigenvalue weighted by Crippen LogP contribution is 2.32. The minimum atomic E-state index is -0.446. The van der Waals surface area contributed by atoms with Gasteiger partial charge in [-0.1, -0.05) is 23.7 Å². The summed E-state index contributed by atoms with van der Waals surface area (Å²) in [6.07, 6.45) is 0. The second-order valence-corrected chi connectivity index (χ2v) is 5.22. The minimum Gasteiger partial charge on any atom is -0.339 e. The molecule has 0 amide bonds. The minimum absolute atomic E-state index is 0.0464. The Morgan fingerprint density at radius 3 is 2.74 bits per heavy atom. The molecule has 100 valence electrons. The number of nitrogens with zero attached hydrogens (tertiary/aromatic N) is 3. The Morgan fingerprint density at radius 2 is 2.16 bits per heavy atom. The van der Waals surface area contributed by atoms with Gasteiger partial charge in [-0.05, 0) is 23.7 Å². The summed E-state index contributed by atoms with van der Waals surface area (Å²) in [5.74, 6) is 0. The van der Waals surface area contributed by atoms with Gasteiger partial charge in [0.1, 0.15) is 0 Å². The van der Waals surface area contributed by atoms with Crippen LogP contribution in [0.5, 0.6) is 0 Å². The molecule has 0 bridgehead atoms. The van der Waals surface area contributed by atoms with Crippen molar-refractivity contribution in [2.75, 3.05) is 12.4 Å². The molecular formula is C11H11ClN4O2S. The molecule has 0 saturated heterocycles. The third kappa shape index (κ3) is 2.61. The third-order valence-electron chi connectivity index (χ3n) is 2.47. The van der Waals surface area contributed by atoms with E-state index in [1.807, 2.05) is 0 Å². The summed E-state index contributed by atoms with van der Waals surface area (Å²) >= 11 is 7.24. The molecule has 19 heavy (non-hydrogen) atoms. The predicted molar refractivity (Wildman–Crippen MR) is 76.2 cm³/mol. The molecule has 8 heteroatoms. The van der Waals surface area contributed by atoms with Gasteiger partial charge in [0.25, 0.3) is 0 Å². The summed E-state index contributed by atoms with van der Waals surface area (Å²) in [4.78, 5) is 14.6. The zero-order valence-corrected chi connectivity index (χ0v) is 11.8. The Bertz CT molecular complexity index is 692. The lowest BCUT2D eigenvalue weighted by atomic mass is 10.3. The van der Waals surface area contributed by atoms with Crippen molar-refractivity contribution in [3.63, 3.8) is 0 Å². The molecule has 1 aromatic heterocycles.